The van der Waals surface area contributed by atoms with Crippen LogP contribution in [0.4, 0.5) is 0 Å². The summed E-state index contributed by atoms with van der Waals surface area (Å²) < 4.78 is 7.09. The molecular formula is C24H29N3O3. The number of nitrogens with zero attached hydrogens (tertiary/aromatic N) is 3. The number of hydrogen-bond acceptors (Lipinski definition) is 4. The molecule has 1 heterocycles. The smallest absolute Gasteiger partial charge is 0.258 e. The zero-order valence-electron chi connectivity index (χ0n) is 18.3. The largest absolute Gasteiger partial charge is 0.497 e. The van der Waals surface area contributed by atoms with Crippen LogP contribution >= 0.6 is 0 Å². The molecule has 0 N–H and O–H groups in total. The number of aromatic nitrogens is 1. The lowest BCUT2D eigenvalue weighted by atomic mass is 9.96. The zero-order valence-corrected chi connectivity index (χ0v) is 18.3. The van der Waals surface area contributed by atoms with Gasteiger partial charge < -0.3 is 9.30 Å². The molecule has 6 heteroatoms. The fraction of sp³-hybridized carbons (Fsp3) is 0.333. The van der Waals surface area contributed by atoms with Gasteiger partial charge in [0.25, 0.3) is 5.56 Å². The molecule has 158 valence electrons. The van der Waals surface area contributed by atoms with Gasteiger partial charge in [0.2, 0.25) is 5.91 Å². The summed E-state index contributed by atoms with van der Waals surface area (Å²) in [7, 11) is 7.07. The maximum atomic E-state index is 13.2. The maximum Gasteiger partial charge on any atom is 0.258 e. The number of benzene rings is 2. The van der Waals surface area contributed by atoms with Crippen LogP contribution in [0.15, 0.2) is 53.3 Å². The fourth-order valence-corrected chi connectivity index (χ4v) is 3.72. The zero-order chi connectivity index (χ0) is 21.8. The summed E-state index contributed by atoms with van der Waals surface area (Å²) in [4.78, 5) is 26.0. The topological polar surface area (TPSA) is 54.8 Å². The van der Waals surface area contributed by atoms with Crippen molar-refractivity contribution in [3.8, 4) is 16.9 Å². The number of ether oxygens (including phenoxy) is 1. The molecule has 0 saturated heterocycles. The molecule has 0 spiro atoms. The van der Waals surface area contributed by atoms with Gasteiger partial charge in [0, 0.05) is 43.9 Å². The van der Waals surface area contributed by atoms with E-state index in [2.05, 4.69) is 0 Å². The highest BCUT2D eigenvalue weighted by atomic mass is 16.5. The molecule has 0 aliphatic heterocycles. The minimum atomic E-state index is -0.0935. The highest BCUT2D eigenvalue weighted by Crippen LogP contribution is 2.33. The SMILES string of the molecule is CCCC(=O)N(Cc1c(-c2ccccc2)c2cc(OC)ccc2c(=O)n1C)N(C)C. The van der Waals surface area contributed by atoms with Crippen LogP contribution < -0.4 is 10.3 Å². The molecule has 0 atom stereocenters. The van der Waals surface area contributed by atoms with Crippen molar-refractivity contribution < 1.29 is 9.53 Å². The summed E-state index contributed by atoms with van der Waals surface area (Å²) >= 11 is 0. The van der Waals surface area contributed by atoms with Crippen molar-refractivity contribution in [1.82, 2.24) is 14.6 Å². The lowest BCUT2D eigenvalue weighted by molar-refractivity contribution is -0.146. The molecule has 0 radical (unpaired) electrons. The van der Waals surface area contributed by atoms with Crippen LogP contribution in [0.5, 0.6) is 5.75 Å². The standard InChI is InChI=1S/C24H29N3O3/c1-6-10-22(28)27(25(2)3)16-21-23(17-11-8-7-9-12-17)20-15-18(30-5)13-14-19(20)24(29)26(21)4/h7-9,11-15H,6,10,16H2,1-5H3. The Labute approximate surface area is 177 Å². The van der Waals surface area contributed by atoms with E-state index in [1.165, 1.54) is 0 Å². The van der Waals surface area contributed by atoms with Crippen LogP contribution in [-0.4, -0.2) is 41.7 Å². The third-order valence-corrected chi connectivity index (χ3v) is 5.32. The number of hydrazine groups is 1. The Morgan fingerprint density at radius 3 is 2.37 bits per heavy atom. The molecule has 6 nitrogen and oxygen atoms in total. The van der Waals surface area contributed by atoms with E-state index in [0.717, 1.165) is 28.6 Å². The van der Waals surface area contributed by atoms with Crippen molar-refractivity contribution in [2.24, 2.45) is 7.05 Å². The molecule has 30 heavy (non-hydrogen) atoms. The number of fused-ring (bicyclic) bond motifs is 1. The quantitative estimate of drug-likeness (QED) is 0.559. The highest BCUT2D eigenvalue weighted by molar-refractivity contribution is 5.98. The molecule has 2 aromatic carbocycles. The summed E-state index contributed by atoms with van der Waals surface area (Å²) in [5, 5.41) is 4.92. The van der Waals surface area contributed by atoms with E-state index in [0.29, 0.717) is 24.1 Å². The second kappa shape index (κ2) is 9.13. The molecule has 3 aromatic rings. The Kier molecular flexibility index (Phi) is 6.57. The second-order valence-corrected chi connectivity index (χ2v) is 7.51. The normalized spacial score (nSPS) is 11.1. The molecule has 0 saturated carbocycles. The van der Waals surface area contributed by atoms with E-state index in [1.54, 1.807) is 40.9 Å². The maximum absolute atomic E-state index is 13.2. The van der Waals surface area contributed by atoms with Gasteiger partial charge in [0.1, 0.15) is 5.75 Å². The van der Waals surface area contributed by atoms with Gasteiger partial charge in [-0.15, -0.1) is 0 Å². The lowest BCUT2D eigenvalue weighted by Crippen LogP contribution is -2.42. The summed E-state index contributed by atoms with van der Waals surface area (Å²) in [6, 6.07) is 15.5. The van der Waals surface area contributed by atoms with E-state index < -0.39 is 0 Å². The third-order valence-electron chi connectivity index (χ3n) is 5.32. The molecular weight excluding hydrogens is 378 g/mol. The molecule has 0 aliphatic carbocycles. The van der Waals surface area contributed by atoms with Crippen LogP contribution in [0.25, 0.3) is 21.9 Å². The van der Waals surface area contributed by atoms with Crippen LogP contribution in [-0.2, 0) is 18.4 Å². The Morgan fingerprint density at radius 1 is 1.07 bits per heavy atom. The van der Waals surface area contributed by atoms with Gasteiger partial charge in [-0.25, -0.2) is 5.01 Å². The van der Waals surface area contributed by atoms with Crippen LogP contribution in [0, 0.1) is 0 Å². The Morgan fingerprint density at radius 2 is 1.77 bits per heavy atom. The van der Waals surface area contributed by atoms with Gasteiger partial charge in [-0.3, -0.25) is 14.6 Å². The monoisotopic (exact) mass is 407 g/mol. The molecule has 0 aliphatic rings. The lowest BCUT2D eigenvalue weighted by Gasteiger charge is -2.31. The predicted octanol–water partition coefficient (Wildman–Crippen LogP) is 3.82. The first-order valence-corrected chi connectivity index (χ1v) is 10.1. The van der Waals surface area contributed by atoms with E-state index in [-0.39, 0.29) is 11.5 Å². The summed E-state index contributed by atoms with van der Waals surface area (Å²) in [5.74, 6) is 0.713. The predicted molar refractivity (Wildman–Crippen MR) is 120 cm³/mol. The fourth-order valence-electron chi connectivity index (χ4n) is 3.72. The minimum Gasteiger partial charge on any atom is -0.497 e. The average Bonchev–Trinajstić information content (AvgIpc) is 2.75. The van der Waals surface area contributed by atoms with Gasteiger partial charge in [-0.05, 0) is 30.2 Å². The third kappa shape index (κ3) is 4.09. The van der Waals surface area contributed by atoms with Gasteiger partial charge in [0.15, 0.2) is 0 Å². The van der Waals surface area contributed by atoms with Gasteiger partial charge >= 0.3 is 0 Å². The Balaban J connectivity index is 2.33. The molecule has 1 aromatic heterocycles. The van der Waals surface area contributed by atoms with Gasteiger partial charge in [-0.1, -0.05) is 37.3 Å². The van der Waals surface area contributed by atoms with Crippen molar-refractivity contribution >= 4 is 16.7 Å². The van der Waals surface area contributed by atoms with Gasteiger partial charge in [0.05, 0.1) is 19.3 Å². The number of amides is 1. The summed E-state index contributed by atoms with van der Waals surface area (Å²) in [6.07, 6.45) is 1.22. The van der Waals surface area contributed by atoms with Gasteiger partial charge in [-0.2, -0.15) is 0 Å². The van der Waals surface area contributed by atoms with Crippen LogP contribution in [0.1, 0.15) is 25.5 Å². The van der Waals surface area contributed by atoms with E-state index in [4.69, 9.17) is 4.74 Å². The number of carbonyl (C=O) groups excluding carboxylic acids is 1. The highest BCUT2D eigenvalue weighted by Gasteiger charge is 2.22. The molecule has 3 rings (SSSR count). The summed E-state index contributed by atoms with van der Waals surface area (Å²) in [6.45, 7) is 2.29. The van der Waals surface area contributed by atoms with Crippen molar-refractivity contribution in [3.05, 3.63) is 64.6 Å². The van der Waals surface area contributed by atoms with Crippen LogP contribution in [0.2, 0.25) is 0 Å². The van der Waals surface area contributed by atoms with Crippen molar-refractivity contribution in [3.63, 3.8) is 0 Å². The molecule has 0 fully saturated rings. The van der Waals surface area contributed by atoms with Crippen molar-refractivity contribution in [2.45, 2.75) is 26.3 Å². The van der Waals surface area contributed by atoms with E-state index in [9.17, 15) is 9.59 Å². The molecule has 1 amide bonds. The van der Waals surface area contributed by atoms with Crippen LogP contribution in [0.3, 0.4) is 0 Å². The molecule has 0 bridgehead atoms. The first kappa shape index (κ1) is 21.6. The number of carbonyl (C=O) groups is 1. The minimum absolute atomic E-state index is 0.0275. The Bertz CT molecular complexity index is 1100. The summed E-state index contributed by atoms with van der Waals surface area (Å²) in [5.41, 5.74) is 2.61. The average molecular weight is 408 g/mol. The van der Waals surface area contributed by atoms with E-state index in [1.807, 2.05) is 57.4 Å². The number of rotatable bonds is 7. The number of hydrogen-bond donors (Lipinski definition) is 0. The first-order valence-electron chi connectivity index (χ1n) is 10.1. The van der Waals surface area contributed by atoms with E-state index >= 15 is 0 Å². The molecule has 0 unspecified atom stereocenters. The number of methoxy groups -OCH3 is 1. The van der Waals surface area contributed by atoms with Crippen molar-refractivity contribution in [1.29, 1.82) is 0 Å². The number of pyridine rings is 1. The Hall–Kier alpha value is -3.12. The van der Waals surface area contributed by atoms with Crippen molar-refractivity contribution in [2.75, 3.05) is 21.2 Å². The first-order chi connectivity index (χ1) is 14.4. The second-order valence-electron chi connectivity index (χ2n) is 7.51.